The fourth-order valence-corrected chi connectivity index (χ4v) is 2.73. The molecule has 134 valence electrons. The number of aromatic nitrogens is 1. The second-order valence-electron chi connectivity index (χ2n) is 6.02. The van der Waals surface area contributed by atoms with Gasteiger partial charge in [0.05, 0.1) is 18.7 Å². The zero-order chi connectivity index (χ0) is 18.1. The molecule has 25 heavy (non-hydrogen) atoms. The van der Waals surface area contributed by atoms with E-state index >= 15 is 0 Å². The second-order valence-corrected chi connectivity index (χ2v) is 6.88. The molecule has 7 heteroatoms. The Labute approximate surface area is 151 Å². The third kappa shape index (κ3) is 7.34. The summed E-state index contributed by atoms with van der Waals surface area (Å²) in [6.07, 6.45) is 0.452. The lowest BCUT2D eigenvalue weighted by atomic mass is 10.1. The number of anilines is 1. The predicted octanol–water partition coefficient (Wildman–Crippen LogP) is 3.25. The molecule has 1 aromatic heterocycles. The third-order valence-electron chi connectivity index (χ3n) is 3.23. The molecule has 6 nitrogen and oxygen atoms in total. The van der Waals surface area contributed by atoms with Crippen molar-refractivity contribution in [1.29, 1.82) is 0 Å². The van der Waals surface area contributed by atoms with Gasteiger partial charge in [-0.15, -0.1) is 11.3 Å². The van der Waals surface area contributed by atoms with Gasteiger partial charge in [0.15, 0.2) is 5.13 Å². The van der Waals surface area contributed by atoms with Crippen LogP contribution in [0.2, 0.25) is 0 Å². The summed E-state index contributed by atoms with van der Waals surface area (Å²) >= 11 is 1.27. The van der Waals surface area contributed by atoms with Crippen molar-refractivity contribution in [3.63, 3.8) is 0 Å². The first-order valence-electron chi connectivity index (χ1n) is 8.21. The Morgan fingerprint density at radius 3 is 2.72 bits per heavy atom. The number of carbonyl (C=O) groups is 2. The zero-order valence-corrected chi connectivity index (χ0v) is 15.3. The van der Waals surface area contributed by atoms with E-state index < -0.39 is 6.09 Å². The van der Waals surface area contributed by atoms with Crippen LogP contribution in [0.1, 0.15) is 25.1 Å². The van der Waals surface area contributed by atoms with Crippen LogP contribution in [0.5, 0.6) is 0 Å². The van der Waals surface area contributed by atoms with Gasteiger partial charge in [-0.2, -0.15) is 0 Å². The highest BCUT2D eigenvalue weighted by Crippen LogP contribution is 2.16. The SMILES string of the molecule is CC(C)COC(=O)Nc1nc(CC(=O)NCCc2ccccc2)cs1. The van der Waals surface area contributed by atoms with E-state index in [0.29, 0.717) is 24.0 Å². The van der Waals surface area contributed by atoms with Crippen molar-refractivity contribution in [3.05, 3.63) is 47.0 Å². The first-order valence-corrected chi connectivity index (χ1v) is 9.09. The van der Waals surface area contributed by atoms with Crippen LogP contribution in [0, 0.1) is 5.92 Å². The minimum absolute atomic E-state index is 0.0878. The number of benzene rings is 1. The Balaban J connectivity index is 1.71. The van der Waals surface area contributed by atoms with Crippen molar-refractivity contribution in [1.82, 2.24) is 10.3 Å². The molecule has 2 N–H and O–H groups in total. The molecular weight excluding hydrogens is 338 g/mol. The summed E-state index contributed by atoms with van der Waals surface area (Å²) in [5.74, 6) is 0.187. The van der Waals surface area contributed by atoms with Crippen LogP contribution in [0.4, 0.5) is 9.93 Å². The van der Waals surface area contributed by atoms with Crippen LogP contribution in [0.25, 0.3) is 0 Å². The van der Waals surface area contributed by atoms with Crippen LogP contribution in [-0.2, 0) is 22.4 Å². The van der Waals surface area contributed by atoms with Crippen LogP contribution < -0.4 is 10.6 Å². The van der Waals surface area contributed by atoms with Crippen LogP contribution >= 0.6 is 11.3 Å². The van der Waals surface area contributed by atoms with Gasteiger partial charge < -0.3 is 10.1 Å². The highest BCUT2D eigenvalue weighted by atomic mass is 32.1. The predicted molar refractivity (Wildman–Crippen MR) is 98.8 cm³/mol. The number of nitrogens with one attached hydrogen (secondary N) is 2. The Morgan fingerprint density at radius 1 is 1.24 bits per heavy atom. The van der Waals surface area contributed by atoms with Gasteiger partial charge in [0, 0.05) is 11.9 Å². The van der Waals surface area contributed by atoms with Gasteiger partial charge in [0.25, 0.3) is 0 Å². The molecule has 0 aliphatic rings. The molecule has 0 atom stereocenters. The number of amides is 2. The van der Waals surface area contributed by atoms with Gasteiger partial charge in [0.1, 0.15) is 0 Å². The topological polar surface area (TPSA) is 80.3 Å². The van der Waals surface area contributed by atoms with Crippen molar-refractivity contribution in [2.24, 2.45) is 5.92 Å². The average Bonchev–Trinajstić information content (AvgIpc) is 3.00. The number of thiazole rings is 1. The van der Waals surface area contributed by atoms with Crippen LogP contribution in [0.3, 0.4) is 0 Å². The number of rotatable bonds is 8. The monoisotopic (exact) mass is 361 g/mol. The zero-order valence-electron chi connectivity index (χ0n) is 14.5. The molecule has 1 heterocycles. The average molecular weight is 361 g/mol. The highest BCUT2D eigenvalue weighted by Gasteiger charge is 2.10. The Hall–Kier alpha value is -2.41. The fourth-order valence-electron chi connectivity index (χ4n) is 2.03. The van der Waals surface area contributed by atoms with Gasteiger partial charge in [-0.1, -0.05) is 44.2 Å². The largest absolute Gasteiger partial charge is 0.449 e. The molecule has 0 aliphatic heterocycles. The first kappa shape index (κ1) is 18.9. The molecule has 1 aromatic carbocycles. The standard InChI is InChI=1S/C18H23N3O3S/c1-13(2)11-24-18(23)21-17-20-15(12-25-17)10-16(22)19-9-8-14-6-4-3-5-7-14/h3-7,12-13H,8-11H2,1-2H3,(H,19,22)(H,20,21,23). The third-order valence-corrected chi connectivity index (χ3v) is 4.04. The summed E-state index contributed by atoms with van der Waals surface area (Å²) in [7, 11) is 0. The molecule has 0 saturated heterocycles. The maximum Gasteiger partial charge on any atom is 0.413 e. The quantitative estimate of drug-likeness (QED) is 0.756. The van der Waals surface area contributed by atoms with Crippen molar-refractivity contribution in [2.75, 3.05) is 18.5 Å². The van der Waals surface area contributed by atoms with E-state index in [1.807, 2.05) is 44.2 Å². The van der Waals surface area contributed by atoms with Crippen molar-refractivity contribution >= 4 is 28.5 Å². The van der Waals surface area contributed by atoms with E-state index in [-0.39, 0.29) is 18.2 Å². The molecular formula is C18H23N3O3S. The highest BCUT2D eigenvalue weighted by molar-refractivity contribution is 7.13. The Kier molecular flexibility index (Phi) is 7.40. The molecule has 0 saturated carbocycles. The molecule has 0 spiro atoms. The van der Waals surface area contributed by atoms with Crippen LogP contribution in [-0.4, -0.2) is 30.1 Å². The lowest BCUT2D eigenvalue weighted by molar-refractivity contribution is -0.120. The molecule has 0 unspecified atom stereocenters. The Morgan fingerprint density at radius 2 is 2.00 bits per heavy atom. The smallest absolute Gasteiger partial charge is 0.413 e. The molecule has 0 radical (unpaired) electrons. The number of hydrogen-bond acceptors (Lipinski definition) is 5. The molecule has 2 aromatic rings. The molecule has 2 rings (SSSR count). The van der Waals surface area contributed by atoms with E-state index in [9.17, 15) is 9.59 Å². The van der Waals surface area contributed by atoms with E-state index in [2.05, 4.69) is 15.6 Å². The number of ether oxygens (including phenoxy) is 1. The molecule has 2 amide bonds. The number of hydrogen-bond donors (Lipinski definition) is 2. The number of nitrogens with zero attached hydrogens (tertiary/aromatic N) is 1. The Bertz CT molecular complexity index is 686. The van der Waals surface area contributed by atoms with Crippen LogP contribution in [0.15, 0.2) is 35.7 Å². The molecule has 0 fully saturated rings. The normalized spacial score (nSPS) is 10.5. The lowest BCUT2D eigenvalue weighted by Gasteiger charge is -2.06. The van der Waals surface area contributed by atoms with E-state index in [1.54, 1.807) is 5.38 Å². The maximum atomic E-state index is 12.0. The maximum absolute atomic E-state index is 12.0. The van der Waals surface area contributed by atoms with Gasteiger partial charge in [-0.25, -0.2) is 9.78 Å². The van der Waals surface area contributed by atoms with Crippen molar-refractivity contribution in [3.8, 4) is 0 Å². The minimum atomic E-state index is -0.526. The second kappa shape index (κ2) is 9.78. The summed E-state index contributed by atoms with van der Waals surface area (Å²) in [6.45, 7) is 4.86. The molecule has 0 aliphatic carbocycles. The summed E-state index contributed by atoms with van der Waals surface area (Å²) in [5, 5.41) is 7.64. The lowest BCUT2D eigenvalue weighted by Crippen LogP contribution is -2.27. The summed E-state index contributed by atoms with van der Waals surface area (Å²) in [4.78, 5) is 27.8. The fraction of sp³-hybridized carbons (Fsp3) is 0.389. The molecule has 0 bridgehead atoms. The van der Waals surface area contributed by atoms with E-state index in [1.165, 1.54) is 16.9 Å². The first-order chi connectivity index (χ1) is 12.0. The summed E-state index contributed by atoms with van der Waals surface area (Å²) in [6, 6.07) is 9.99. The van der Waals surface area contributed by atoms with Gasteiger partial charge in [-0.05, 0) is 17.9 Å². The van der Waals surface area contributed by atoms with Gasteiger partial charge in [-0.3, -0.25) is 10.1 Å². The van der Waals surface area contributed by atoms with E-state index in [0.717, 1.165) is 6.42 Å². The van der Waals surface area contributed by atoms with E-state index in [4.69, 9.17) is 4.74 Å². The minimum Gasteiger partial charge on any atom is -0.449 e. The van der Waals surface area contributed by atoms with Crippen molar-refractivity contribution in [2.45, 2.75) is 26.7 Å². The summed E-state index contributed by atoms with van der Waals surface area (Å²) < 4.78 is 5.03. The number of carbonyl (C=O) groups excluding carboxylic acids is 2. The summed E-state index contributed by atoms with van der Waals surface area (Å²) in [5.41, 5.74) is 1.81. The van der Waals surface area contributed by atoms with Gasteiger partial charge >= 0.3 is 6.09 Å². The van der Waals surface area contributed by atoms with Gasteiger partial charge in [0.2, 0.25) is 5.91 Å². The van der Waals surface area contributed by atoms with Crippen molar-refractivity contribution < 1.29 is 14.3 Å².